The SMILES string of the molecule is OC/C=C1/C2=CC3(C[C@]1(O)C#C/C=C/C#C[C@@H]2O)OCCO3. The summed E-state index contributed by atoms with van der Waals surface area (Å²) in [6, 6.07) is 0. The number of hydrogen-bond acceptors (Lipinski definition) is 5. The third-order valence-electron chi connectivity index (χ3n) is 3.75. The van der Waals surface area contributed by atoms with Gasteiger partial charge in [-0.1, -0.05) is 29.8 Å². The van der Waals surface area contributed by atoms with Gasteiger partial charge in [-0.2, -0.15) is 0 Å². The van der Waals surface area contributed by atoms with E-state index in [2.05, 4.69) is 23.7 Å². The van der Waals surface area contributed by atoms with Crippen LogP contribution in [-0.4, -0.2) is 52.6 Å². The summed E-state index contributed by atoms with van der Waals surface area (Å²) < 4.78 is 11.3. The maximum absolute atomic E-state index is 11.0. The van der Waals surface area contributed by atoms with Crippen LogP contribution < -0.4 is 0 Å². The van der Waals surface area contributed by atoms with Crippen molar-refractivity contribution in [2.45, 2.75) is 23.9 Å². The Kier molecular flexibility index (Phi) is 3.92. The number of fused-ring (bicyclic) bond motifs is 2. The van der Waals surface area contributed by atoms with Crippen molar-refractivity contribution in [3.05, 3.63) is 35.5 Å². The average molecular weight is 300 g/mol. The van der Waals surface area contributed by atoms with Crippen molar-refractivity contribution < 1.29 is 24.8 Å². The zero-order valence-electron chi connectivity index (χ0n) is 11.9. The van der Waals surface area contributed by atoms with Gasteiger partial charge in [0.15, 0.2) is 11.4 Å². The topological polar surface area (TPSA) is 79.2 Å². The van der Waals surface area contributed by atoms with Crippen molar-refractivity contribution in [1.82, 2.24) is 0 Å². The highest BCUT2D eigenvalue weighted by Gasteiger charge is 2.50. The quantitative estimate of drug-likeness (QED) is 0.577. The molecular weight excluding hydrogens is 284 g/mol. The summed E-state index contributed by atoms with van der Waals surface area (Å²) in [4.78, 5) is 0. The molecule has 22 heavy (non-hydrogen) atoms. The highest BCUT2D eigenvalue weighted by molar-refractivity contribution is 5.54. The van der Waals surface area contributed by atoms with Crippen LogP contribution in [0.3, 0.4) is 0 Å². The molecule has 1 saturated heterocycles. The number of allylic oxidation sites excluding steroid dienone is 2. The molecule has 2 bridgehead atoms. The highest BCUT2D eigenvalue weighted by Crippen LogP contribution is 2.43. The van der Waals surface area contributed by atoms with Crippen LogP contribution in [-0.2, 0) is 9.47 Å². The van der Waals surface area contributed by atoms with E-state index in [1.165, 1.54) is 18.2 Å². The second-order valence-electron chi connectivity index (χ2n) is 5.24. The van der Waals surface area contributed by atoms with Crippen LogP contribution in [0.5, 0.6) is 0 Å². The van der Waals surface area contributed by atoms with Gasteiger partial charge in [0.1, 0.15) is 6.10 Å². The van der Waals surface area contributed by atoms with Crippen molar-refractivity contribution >= 4 is 0 Å². The first kappa shape index (κ1) is 15.1. The van der Waals surface area contributed by atoms with Gasteiger partial charge in [0, 0.05) is 11.1 Å². The number of aliphatic hydroxyl groups excluding tert-OH is 2. The molecule has 1 spiro atoms. The smallest absolute Gasteiger partial charge is 0.192 e. The van der Waals surface area contributed by atoms with Crippen LogP contribution in [0.1, 0.15) is 6.42 Å². The van der Waals surface area contributed by atoms with Gasteiger partial charge < -0.3 is 24.8 Å². The van der Waals surface area contributed by atoms with Crippen molar-refractivity contribution in [2.75, 3.05) is 19.8 Å². The molecule has 0 aromatic rings. The van der Waals surface area contributed by atoms with Crippen molar-refractivity contribution in [2.24, 2.45) is 0 Å². The second-order valence-corrected chi connectivity index (χ2v) is 5.24. The predicted octanol–water partition coefficient (Wildman–Crippen LogP) is -0.353. The van der Waals surface area contributed by atoms with E-state index in [9.17, 15) is 15.3 Å². The molecule has 3 N–H and O–H groups in total. The standard InChI is InChI=1S/C17H16O5/c18-8-6-14-13-11-17(21-9-10-22-17)12-16(14,20)7-4-2-1-3-5-15(13)19/h1-2,6,11,15,18-20H,8-10,12H2/b2-1+,14-6-/t15-,16+/m0/s1. The first-order valence-electron chi connectivity index (χ1n) is 7.00. The highest BCUT2D eigenvalue weighted by atomic mass is 16.7. The van der Waals surface area contributed by atoms with E-state index in [-0.39, 0.29) is 13.0 Å². The molecule has 0 amide bonds. The van der Waals surface area contributed by atoms with Gasteiger partial charge in [-0.15, -0.1) is 0 Å². The predicted molar refractivity (Wildman–Crippen MR) is 78.2 cm³/mol. The molecule has 3 aliphatic rings. The molecule has 5 nitrogen and oxygen atoms in total. The van der Waals surface area contributed by atoms with Crippen LogP contribution in [0.25, 0.3) is 0 Å². The van der Waals surface area contributed by atoms with E-state index >= 15 is 0 Å². The Hall–Kier alpha value is -1.86. The molecule has 0 aromatic heterocycles. The van der Waals surface area contributed by atoms with E-state index in [0.29, 0.717) is 24.4 Å². The molecule has 114 valence electrons. The molecule has 1 aliphatic heterocycles. The molecule has 1 heterocycles. The normalized spacial score (nSPS) is 35.1. The van der Waals surface area contributed by atoms with Gasteiger partial charge in [-0.05, 0) is 18.2 Å². The second kappa shape index (κ2) is 5.73. The Morgan fingerprint density at radius 2 is 2.00 bits per heavy atom. The minimum absolute atomic E-state index is 0.0658. The van der Waals surface area contributed by atoms with Crippen LogP contribution in [0.15, 0.2) is 35.5 Å². The van der Waals surface area contributed by atoms with Gasteiger partial charge in [0.25, 0.3) is 0 Å². The number of ether oxygens (including phenoxy) is 2. The van der Waals surface area contributed by atoms with Gasteiger partial charge >= 0.3 is 0 Å². The Morgan fingerprint density at radius 1 is 1.27 bits per heavy atom. The molecule has 0 saturated carbocycles. The Bertz CT molecular complexity index is 673. The van der Waals surface area contributed by atoms with Crippen LogP contribution in [0.2, 0.25) is 0 Å². The van der Waals surface area contributed by atoms with E-state index < -0.39 is 17.5 Å². The van der Waals surface area contributed by atoms with Crippen molar-refractivity contribution in [3.8, 4) is 23.7 Å². The average Bonchev–Trinajstić information content (AvgIpc) is 2.92. The summed E-state index contributed by atoms with van der Waals surface area (Å²) in [6.45, 7) is 0.503. The van der Waals surface area contributed by atoms with Crippen molar-refractivity contribution in [3.63, 3.8) is 0 Å². The van der Waals surface area contributed by atoms with Crippen LogP contribution in [0.4, 0.5) is 0 Å². The number of aliphatic hydroxyl groups is 3. The third kappa shape index (κ3) is 2.62. The zero-order chi connectivity index (χ0) is 15.6. The maximum atomic E-state index is 11.0. The fourth-order valence-corrected chi connectivity index (χ4v) is 2.88. The third-order valence-corrected chi connectivity index (χ3v) is 3.75. The molecule has 0 unspecified atom stereocenters. The largest absolute Gasteiger partial charge is 0.392 e. The lowest BCUT2D eigenvalue weighted by Gasteiger charge is -2.40. The first-order chi connectivity index (χ1) is 10.6. The van der Waals surface area contributed by atoms with E-state index in [1.807, 2.05) is 0 Å². The first-order valence-corrected chi connectivity index (χ1v) is 7.00. The molecule has 0 radical (unpaired) electrons. The number of hydrogen-bond donors (Lipinski definition) is 3. The number of rotatable bonds is 1. The minimum Gasteiger partial charge on any atom is -0.392 e. The summed E-state index contributed by atoms with van der Waals surface area (Å²) in [7, 11) is 0. The lowest BCUT2D eigenvalue weighted by Crippen LogP contribution is -2.47. The van der Waals surface area contributed by atoms with Gasteiger partial charge in [-0.3, -0.25) is 0 Å². The fourth-order valence-electron chi connectivity index (χ4n) is 2.88. The summed E-state index contributed by atoms with van der Waals surface area (Å²) in [5, 5.41) is 30.6. The Balaban J connectivity index is 2.21. The fraction of sp³-hybridized carbons (Fsp3) is 0.412. The summed E-state index contributed by atoms with van der Waals surface area (Å²) in [5.74, 6) is 9.71. The minimum atomic E-state index is -1.60. The van der Waals surface area contributed by atoms with Crippen molar-refractivity contribution in [1.29, 1.82) is 0 Å². The molecule has 2 atom stereocenters. The summed E-state index contributed by atoms with van der Waals surface area (Å²) >= 11 is 0. The molecule has 3 rings (SSSR count). The molecule has 2 aliphatic carbocycles. The van der Waals surface area contributed by atoms with Crippen LogP contribution in [0, 0.1) is 23.7 Å². The Morgan fingerprint density at radius 3 is 2.73 bits per heavy atom. The Labute approximate surface area is 128 Å². The monoisotopic (exact) mass is 300 g/mol. The molecular formula is C17H16O5. The lowest BCUT2D eigenvalue weighted by atomic mass is 9.75. The summed E-state index contributed by atoms with van der Waals surface area (Å²) in [6.07, 6.45) is 4.99. The van der Waals surface area contributed by atoms with Gasteiger partial charge in [-0.25, -0.2) is 0 Å². The lowest BCUT2D eigenvalue weighted by molar-refractivity contribution is -0.149. The van der Waals surface area contributed by atoms with E-state index in [1.54, 1.807) is 6.08 Å². The summed E-state index contributed by atoms with van der Waals surface area (Å²) in [5.41, 5.74) is -0.910. The van der Waals surface area contributed by atoms with Crippen LogP contribution >= 0.6 is 0 Å². The van der Waals surface area contributed by atoms with E-state index in [0.717, 1.165) is 0 Å². The molecule has 0 aromatic carbocycles. The van der Waals surface area contributed by atoms with Gasteiger partial charge in [0.2, 0.25) is 0 Å². The van der Waals surface area contributed by atoms with E-state index in [4.69, 9.17) is 9.47 Å². The molecule has 5 heteroatoms. The maximum Gasteiger partial charge on any atom is 0.192 e. The molecule has 1 fully saturated rings. The van der Waals surface area contributed by atoms with Gasteiger partial charge in [0.05, 0.1) is 26.2 Å². The zero-order valence-corrected chi connectivity index (χ0v) is 11.9.